The van der Waals surface area contributed by atoms with Gasteiger partial charge in [-0.3, -0.25) is 0 Å². The molecule has 1 fully saturated rings. The van der Waals surface area contributed by atoms with Gasteiger partial charge in [-0.2, -0.15) is 11.8 Å². The molecule has 1 saturated carbocycles. The van der Waals surface area contributed by atoms with Gasteiger partial charge < -0.3 is 5.73 Å². The van der Waals surface area contributed by atoms with Gasteiger partial charge in [0.1, 0.15) is 0 Å². The average molecular weight is 221 g/mol. The van der Waals surface area contributed by atoms with Crippen LogP contribution in [0.15, 0.2) is 30.3 Å². The highest BCUT2D eigenvalue weighted by Crippen LogP contribution is 2.35. The summed E-state index contributed by atoms with van der Waals surface area (Å²) >= 11 is 2.07. The van der Waals surface area contributed by atoms with E-state index in [2.05, 4.69) is 49.0 Å². The van der Waals surface area contributed by atoms with Gasteiger partial charge in [-0.25, -0.2) is 0 Å². The van der Waals surface area contributed by atoms with Crippen LogP contribution in [0, 0.1) is 5.92 Å². The zero-order chi connectivity index (χ0) is 10.7. The van der Waals surface area contributed by atoms with Gasteiger partial charge in [0, 0.05) is 17.0 Å². The summed E-state index contributed by atoms with van der Waals surface area (Å²) in [4.78, 5) is 0. The molecule has 15 heavy (non-hydrogen) atoms. The fraction of sp³-hybridized carbons (Fsp3) is 0.538. The molecule has 2 N–H and O–H groups in total. The second-order valence-corrected chi connectivity index (χ2v) is 5.66. The molecule has 2 heteroatoms. The first-order valence-corrected chi connectivity index (χ1v) is 6.73. The molecule has 0 bridgehead atoms. The van der Waals surface area contributed by atoms with E-state index in [0.717, 1.165) is 11.0 Å². The van der Waals surface area contributed by atoms with E-state index in [1.165, 1.54) is 18.4 Å². The predicted molar refractivity (Wildman–Crippen MR) is 67.9 cm³/mol. The lowest BCUT2D eigenvalue weighted by Crippen LogP contribution is -2.26. The third kappa shape index (κ3) is 2.76. The van der Waals surface area contributed by atoms with Crippen molar-refractivity contribution >= 4 is 11.8 Å². The molecule has 3 unspecified atom stereocenters. The Labute approximate surface area is 96.4 Å². The summed E-state index contributed by atoms with van der Waals surface area (Å²) in [5.74, 6) is 1.81. The van der Waals surface area contributed by atoms with Crippen LogP contribution in [-0.2, 0) is 5.75 Å². The summed E-state index contributed by atoms with van der Waals surface area (Å²) in [6, 6.07) is 11.1. The van der Waals surface area contributed by atoms with Crippen molar-refractivity contribution in [1.82, 2.24) is 0 Å². The van der Waals surface area contributed by atoms with Gasteiger partial charge in [0.25, 0.3) is 0 Å². The molecule has 1 aliphatic carbocycles. The van der Waals surface area contributed by atoms with Gasteiger partial charge in [0.15, 0.2) is 0 Å². The maximum atomic E-state index is 6.02. The van der Waals surface area contributed by atoms with Crippen molar-refractivity contribution in [1.29, 1.82) is 0 Å². The minimum Gasteiger partial charge on any atom is -0.327 e. The normalized spacial score (nSPS) is 30.7. The Morgan fingerprint density at radius 3 is 2.60 bits per heavy atom. The summed E-state index contributed by atoms with van der Waals surface area (Å²) in [6.45, 7) is 2.29. The van der Waals surface area contributed by atoms with Crippen LogP contribution in [0.1, 0.15) is 25.3 Å². The van der Waals surface area contributed by atoms with E-state index < -0.39 is 0 Å². The first kappa shape index (κ1) is 11.0. The lowest BCUT2D eigenvalue weighted by atomic mass is 10.1. The van der Waals surface area contributed by atoms with Crippen LogP contribution in [-0.4, -0.2) is 11.3 Å². The first-order chi connectivity index (χ1) is 7.27. The Balaban J connectivity index is 1.84. The van der Waals surface area contributed by atoms with Crippen LogP contribution in [0.2, 0.25) is 0 Å². The number of hydrogen-bond donors (Lipinski definition) is 1. The molecule has 2 rings (SSSR count). The van der Waals surface area contributed by atoms with Crippen molar-refractivity contribution < 1.29 is 0 Å². The molecule has 0 amide bonds. The molecule has 1 aromatic rings. The van der Waals surface area contributed by atoms with E-state index in [9.17, 15) is 0 Å². The monoisotopic (exact) mass is 221 g/mol. The number of nitrogens with two attached hydrogens (primary N) is 1. The van der Waals surface area contributed by atoms with Crippen molar-refractivity contribution in [3.63, 3.8) is 0 Å². The molecule has 82 valence electrons. The summed E-state index contributed by atoms with van der Waals surface area (Å²) in [5.41, 5.74) is 7.45. The van der Waals surface area contributed by atoms with Crippen LogP contribution in [0.25, 0.3) is 0 Å². The first-order valence-electron chi connectivity index (χ1n) is 5.68. The SMILES string of the molecule is CC1C(N)CCC1SCc1ccccc1. The largest absolute Gasteiger partial charge is 0.327 e. The van der Waals surface area contributed by atoms with Gasteiger partial charge in [-0.1, -0.05) is 37.3 Å². The summed E-state index contributed by atoms with van der Waals surface area (Å²) in [6.07, 6.45) is 2.49. The van der Waals surface area contributed by atoms with Gasteiger partial charge in [-0.05, 0) is 24.3 Å². The number of thioether (sulfide) groups is 1. The molecule has 0 aromatic heterocycles. The Hall–Kier alpha value is -0.470. The molecule has 1 nitrogen and oxygen atoms in total. The van der Waals surface area contributed by atoms with Crippen LogP contribution < -0.4 is 5.73 Å². The van der Waals surface area contributed by atoms with Gasteiger partial charge in [0.05, 0.1) is 0 Å². The average Bonchev–Trinajstić information content (AvgIpc) is 2.59. The Morgan fingerprint density at radius 2 is 2.00 bits per heavy atom. The van der Waals surface area contributed by atoms with E-state index in [4.69, 9.17) is 5.73 Å². The zero-order valence-corrected chi connectivity index (χ0v) is 10.0. The molecule has 3 atom stereocenters. The van der Waals surface area contributed by atoms with E-state index in [1.54, 1.807) is 0 Å². The van der Waals surface area contributed by atoms with E-state index in [1.807, 2.05) is 0 Å². The highest BCUT2D eigenvalue weighted by molar-refractivity contribution is 7.99. The van der Waals surface area contributed by atoms with Crippen molar-refractivity contribution in [2.24, 2.45) is 11.7 Å². The smallest absolute Gasteiger partial charge is 0.0187 e. The second-order valence-electron chi connectivity index (χ2n) is 4.44. The molecule has 0 saturated heterocycles. The molecule has 0 radical (unpaired) electrons. The molecular weight excluding hydrogens is 202 g/mol. The zero-order valence-electron chi connectivity index (χ0n) is 9.23. The van der Waals surface area contributed by atoms with Crippen molar-refractivity contribution in [3.05, 3.63) is 35.9 Å². The molecule has 1 aromatic carbocycles. The quantitative estimate of drug-likeness (QED) is 0.849. The Morgan fingerprint density at radius 1 is 1.27 bits per heavy atom. The maximum Gasteiger partial charge on any atom is 0.0187 e. The van der Waals surface area contributed by atoms with E-state index >= 15 is 0 Å². The lowest BCUT2D eigenvalue weighted by molar-refractivity contribution is 0.535. The minimum absolute atomic E-state index is 0.429. The highest BCUT2D eigenvalue weighted by Gasteiger charge is 2.30. The second kappa shape index (κ2) is 5.04. The fourth-order valence-electron chi connectivity index (χ4n) is 2.17. The molecule has 1 aliphatic rings. The predicted octanol–water partition coefficient (Wildman–Crippen LogP) is 3.05. The molecule has 0 spiro atoms. The lowest BCUT2D eigenvalue weighted by Gasteiger charge is -2.17. The van der Waals surface area contributed by atoms with E-state index in [0.29, 0.717) is 12.0 Å². The van der Waals surface area contributed by atoms with Crippen LogP contribution in [0.4, 0.5) is 0 Å². The van der Waals surface area contributed by atoms with Crippen molar-refractivity contribution in [2.45, 2.75) is 36.8 Å². The Bertz CT molecular complexity index is 299. The summed E-state index contributed by atoms with van der Waals surface area (Å²) in [5, 5.41) is 0.764. The number of rotatable bonds is 3. The molecule has 0 heterocycles. The van der Waals surface area contributed by atoms with Gasteiger partial charge in [-0.15, -0.1) is 0 Å². The molecular formula is C13H19NS. The number of hydrogen-bond acceptors (Lipinski definition) is 2. The fourth-order valence-corrected chi connectivity index (χ4v) is 3.58. The number of benzene rings is 1. The van der Waals surface area contributed by atoms with Gasteiger partial charge in [0.2, 0.25) is 0 Å². The Kier molecular flexibility index (Phi) is 3.71. The highest BCUT2D eigenvalue weighted by atomic mass is 32.2. The summed E-state index contributed by atoms with van der Waals surface area (Å²) < 4.78 is 0. The van der Waals surface area contributed by atoms with E-state index in [-0.39, 0.29) is 0 Å². The maximum absolute atomic E-state index is 6.02. The van der Waals surface area contributed by atoms with Crippen LogP contribution >= 0.6 is 11.8 Å². The molecule has 0 aliphatic heterocycles. The third-order valence-electron chi connectivity index (χ3n) is 3.35. The third-order valence-corrected chi connectivity index (χ3v) is 4.95. The topological polar surface area (TPSA) is 26.0 Å². The minimum atomic E-state index is 0.429. The van der Waals surface area contributed by atoms with Crippen LogP contribution in [0.3, 0.4) is 0 Å². The van der Waals surface area contributed by atoms with Crippen LogP contribution in [0.5, 0.6) is 0 Å². The summed E-state index contributed by atoms with van der Waals surface area (Å²) in [7, 11) is 0. The standard InChI is InChI=1S/C13H19NS/c1-10-12(14)7-8-13(10)15-9-11-5-3-2-4-6-11/h2-6,10,12-13H,7-9,14H2,1H3. The van der Waals surface area contributed by atoms with Gasteiger partial charge >= 0.3 is 0 Å². The van der Waals surface area contributed by atoms with Crippen molar-refractivity contribution in [3.8, 4) is 0 Å². The van der Waals surface area contributed by atoms with Crippen molar-refractivity contribution in [2.75, 3.05) is 0 Å².